The lowest BCUT2D eigenvalue weighted by Gasteiger charge is -2.22. The van der Waals surface area contributed by atoms with Crippen LogP contribution < -0.4 is 15.0 Å². The Morgan fingerprint density at radius 1 is 1.16 bits per heavy atom. The molecule has 3 aromatic rings. The molecule has 2 aromatic carbocycles. The highest BCUT2D eigenvalue weighted by Gasteiger charge is 2.40. The van der Waals surface area contributed by atoms with Gasteiger partial charge in [-0.3, -0.25) is 14.4 Å². The van der Waals surface area contributed by atoms with Gasteiger partial charge in [-0.1, -0.05) is 30.6 Å². The molecule has 37 heavy (non-hydrogen) atoms. The minimum atomic E-state index is -4.87. The number of aryl methyl sites for hydroxylation is 1. The van der Waals surface area contributed by atoms with Crippen LogP contribution in [0.5, 0.6) is 5.75 Å². The zero-order chi connectivity index (χ0) is 26.7. The lowest BCUT2D eigenvalue weighted by atomic mass is 10.1. The standard InChI is InChI=1S/C25H23F3N4O5/c1-3-5-20(36-17-7-4-6-15(12-17)23-29-14(2)37-31-23)24(35)30-16-8-9-19(18(13-16)25(26,27)28)32-21(33)10-11-22(32)34/h4,6-9,12-13,20H,3,5,10-11H2,1-2H3,(H,30,35). The summed E-state index contributed by atoms with van der Waals surface area (Å²) in [5.74, 6) is -1.01. The van der Waals surface area contributed by atoms with Crippen LogP contribution in [-0.4, -0.2) is 34.0 Å². The summed E-state index contributed by atoms with van der Waals surface area (Å²) < 4.78 is 52.3. The van der Waals surface area contributed by atoms with Crippen molar-refractivity contribution >= 4 is 29.1 Å². The third kappa shape index (κ3) is 5.79. The zero-order valence-electron chi connectivity index (χ0n) is 20.0. The van der Waals surface area contributed by atoms with Crippen molar-refractivity contribution in [2.45, 2.75) is 51.8 Å². The first-order chi connectivity index (χ1) is 17.6. The molecular formula is C25H23F3N4O5. The molecule has 1 N–H and O–H groups in total. The number of aromatic nitrogens is 2. The summed E-state index contributed by atoms with van der Waals surface area (Å²) in [4.78, 5) is 41.7. The minimum Gasteiger partial charge on any atom is -0.481 e. The number of nitrogens with zero attached hydrogens (tertiary/aromatic N) is 3. The fourth-order valence-corrected chi connectivity index (χ4v) is 3.90. The molecule has 194 valence electrons. The molecule has 1 atom stereocenters. The van der Waals surface area contributed by atoms with Crippen LogP contribution in [0.2, 0.25) is 0 Å². The van der Waals surface area contributed by atoms with Crippen molar-refractivity contribution in [2.24, 2.45) is 0 Å². The van der Waals surface area contributed by atoms with E-state index in [0.717, 1.165) is 6.07 Å². The van der Waals surface area contributed by atoms with E-state index in [1.807, 2.05) is 6.92 Å². The molecule has 12 heteroatoms. The van der Waals surface area contributed by atoms with Crippen LogP contribution in [0.4, 0.5) is 24.5 Å². The molecule has 1 aliphatic heterocycles. The molecule has 0 saturated carbocycles. The number of hydrogen-bond donors (Lipinski definition) is 1. The van der Waals surface area contributed by atoms with E-state index in [4.69, 9.17) is 9.26 Å². The van der Waals surface area contributed by atoms with Gasteiger partial charge in [0.15, 0.2) is 6.10 Å². The summed E-state index contributed by atoms with van der Waals surface area (Å²) >= 11 is 0. The highest BCUT2D eigenvalue weighted by atomic mass is 19.4. The van der Waals surface area contributed by atoms with E-state index in [2.05, 4.69) is 15.5 Å². The Labute approximate surface area is 209 Å². The van der Waals surface area contributed by atoms with Crippen molar-refractivity contribution < 1.29 is 36.8 Å². The average molecular weight is 516 g/mol. The number of ether oxygens (including phenoxy) is 1. The Bertz CT molecular complexity index is 1320. The molecule has 0 aliphatic carbocycles. The van der Waals surface area contributed by atoms with E-state index in [1.54, 1.807) is 31.2 Å². The topological polar surface area (TPSA) is 115 Å². The number of imide groups is 1. The van der Waals surface area contributed by atoms with E-state index in [1.165, 1.54) is 6.07 Å². The molecule has 0 bridgehead atoms. The molecule has 3 amide bonds. The predicted octanol–water partition coefficient (Wildman–Crippen LogP) is 4.90. The predicted molar refractivity (Wildman–Crippen MR) is 126 cm³/mol. The lowest BCUT2D eigenvalue weighted by molar-refractivity contribution is -0.137. The lowest BCUT2D eigenvalue weighted by Crippen LogP contribution is -2.33. The van der Waals surface area contributed by atoms with Crippen molar-refractivity contribution in [3.05, 3.63) is 53.9 Å². The van der Waals surface area contributed by atoms with Crippen molar-refractivity contribution in [3.63, 3.8) is 0 Å². The summed E-state index contributed by atoms with van der Waals surface area (Å²) in [5, 5.41) is 6.31. The van der Waals surface area contributed by atoms with Gasteiger partial charge in [-0.2, -0.15) is 18.2 Å². The summed E-state index contributed by atoms with van der Waals surface area (Å²) in [5.41, 5.74) is -1.32. The number of alkyl halides is 3. The van der Waals surface area contributed by atoms with E-state index in [-0.39, 0.29) is 18.5 Å². The number of hydrogen-bond acceptors (Lipinski definition) is 7. The first kappa shape index (κ1) is 25.9. The number of nitrogens with one attached hydrogen (secondary N) is 1. The molecular weight excluding hydrogens is 493 g/mol. The Kier molecular flexibility index (Phi) is 7.28. The number of rotatable bonds is 8. The Morgan fingerprint density at radius 2 is 1.89 bits per heavy atom. The van der Waals surface area contributed by atoms with Gasteiger partial charge in [-0.05, 0) is 36.8 Å². The Balaban J connectivity index is 1.56. The quantitative estimate of drug-likeness (QED) is 0.424. The molecule has 0 spiro atoms. The van der Waals surface area contributed by atoms with Gasteiger partial charge in [0.05, 0.1) is 11.3 Å². The van der Waals surface area contributed by atoms with Gasteiger partial charge in [-0.25, -0.2) is 4.90 Å². The molecule has 1 aliphatic rings. The fourth-order valence-electron chi connectivity index (χ4n) is 3.90. The third-order valence-corrected chi connectivity index (χ3v) is 5.60. The van der Waals surface area contributed by atoms with Gasteiger partial charge in [0, 0.05) is 31.0 Å². The van der Waals surface area contributed by atoms with E-state index in [0.29, 0.717) is 46.8 Å². The SMILES string of the molecule is CCCC(Oc1cccc(-c2noc(C)n2)c1)C(=O)Nc1ccc(N2C(=O)CCC2=O)c(C(F)(F)F)c1. The van der Waals surface area contributed by atoms with Crippen LogP contribution >= 0.6 is 0 Å². The summed E-state index contributed by atoms with van der Waals surface area (Å²) in [7, 11) is 0. The van der Waals surface area contributed by atoms with Crippen molar-refractivity contribution in [3.8, 4) is 17.1 Å². The summed E-state index contributed by atoms with van der Waals surface area (Å²) in [6.45, 7) is 3.48. The number of carbonyl (C=O) groups excluding carboxylic acids is 3. The van der Waals surface area contributed by atoms with Gasteiger partial charge in [0.25, 0.3) is 5.91 Å². The van der Waals surface area contributed by atoms with Crippen LogP contribution in [-0.2, 0) is 20.6 Å². The van der Waals surface area contributed by atoms with Crippen LogP contribution in [0.15, 0.2) is 47.0 Å². The smallest absolute Gasteiger partial charge is 0.418 e. The van der Waals surface area contributed by atoms with Gasteiger partial charge in [0.1, 0.15) is 5.75 Å². The molecule has 1 fully saturated rings. The van der Waals surface area contributed by atoms with Crippen molar-refractivity contribution in [2.75, 3.05) is 10.2 Å². The van der Waals surface area contributed by atoms with Crippen LogP contribution in [0, 0.1) is 6.92 Å². The van der Waals surface area contributed by atoms with Gasteiger partial charge in [-0.15, -0.1) is 0 Å². The molecule has 9 nitrogen and oxygen atoms in total. The minimum absolute atomic E-state index is 0.152. The number of anilines is 2. The number of halogens is 3. The van der Waals surface area contributed by atoms with Gasteiger partial charge in [0.2, 0.25) is 23.5 Å². The maximum absolute atomic E-state index is 13.8. The Morgan fingerprint density at radius 3 is 2.51 bits per heavy atom. The van der Waals surface area contributed by atoms with Crippen LogP contribution in [0.25, 0.3) is 11.4 Å². The number of carbonyl (C=O) groups is 3. The largest absolute Gasteiger partial charge is 0.481 e. The molecule has 4 rings (SSSR count). The normalized spacial score (nSPS) is 14.7. The molecule has 1 unspecified atom stereocenters. The number of amides is 3. The van der Waals surface area contributed by atoms with E-state index >= 15 is 0 Å². The highest BCUT2D eigenvalue weighted by molar-refractivity contribution is 6.20. The van der Waals surface area contributed by atoms with Crippen molar-refractivity contribution in [1.29, 1.82) is 0 Å². The highest BCUT2D eigenvalue weighted by Crippen LogP contribution is 2.40. The maximum Gasteiger partial charge on any atom is 0.418 e. The third-order valence-electron chi connectivity index (χ3n) is 5.60. The second-order valence-electron chi connectivity index (χ2n) is 8.40. The van der Waals surface area contributed by atoms with Crippen LogP contribution in [0.1, 0.15) is 44.1 Å². The van der Waals surface area contributed by atoms with Crippen LogP contribution in [0.3, 0.4) is 0 Å². The second-order valence-corrected chi connectivity index (χ2v) is 8.40. The van der Waals surface area contributed by atoms with Gasteiger partial charge >= 0.3 is 6.18 Å². The van der Waals surface area contributed by atoms with Crippen molar-refractivity contribution in [1.82, 2.24) is 10.1 Å². The van der Waals surface area contributed by atoms with Gasteiger partial charge < -0.3 is 14.6 Å². The molecule has 2 heterocycles. The number of benzene rings is 2. The molecule has 0 radical (unpaired) electrons. The molecule has 1 saturated heterocycles. The van der Waals surface area contributed by atoms with E-state index < -0.39 is 41.3 Å². The second kappa shape index (κ2) is 10.4. The van der Waals surface area contributed by atoms with E-state index in [9.17, 15) is 27.6 Å². The summed E-state index contributed by atoms with van der Waals surface area (Å²) in [6, 6.07) is 9.60. The first-order valence-corrected chi connectivity index (χ1v) is 11.5. The summed E-state index contributed by atoms with van der Waals surface area (Å²) in [6.07, 6.45) is -5.34. The average Bonchev–Trinajstić information content (AvgIpc) is 3.43. The maximum atomic E-state index is 13.8. The molecule has 1 aromatic heterocycles. The zero-order valence-corrected chi connectivity index (χ0v) is 20.0. The fraction of sp³-hybridized carbons (Fsp3) is 0.320. The Hall–Kier alpha value is -4.22. The monoisotopic (exact) mass is 516 g/mol. The first-order valence-electron chi connectivity index (χ1n) is 11.5.